The Hall–Kier alpha value is -1.65. The number of nitrogens with zero attached hydrogens (tertiary/aromatic N) is 3. The van der Waals surface area contributed by atoms with Crippen molar-refractivity contribution >= 4 is 11.8 Å². The number of nitriles is 1. The Morgan fingerprint density at radius 3 is 1.97 bits per heavy atom. The van der Waals surface area contributed by atoms with E-state index in [2.05, 4.69) is 6.07 Å². The topological polar surface area (TPSA) is 93.9 Å². The lowest BCUT2D eigenvalue weighted by atomic mass is 9.66. The zero-order chi connectivity index (χ0) is 22.3. The van der Waals surface area contributed by atoms with Gasteiger partial charge in [-0.3, -0.25) is 9.59 Å². The van der Waals surface area contributed by atoms with Crippen LogP contribution in [0.1, 0.15) is 57.8 Å². The molecular weight excluding hydrogens is 406 g/mol. The summed E-state index contributed by atoms with van der Waals surface area (Å²) in [7, 11) is 0. The summed E-state index contributed by atoms with van der Waals surface area (Å²) in [4.78, 5) is 29.2. The number of piperazine rings is 1. The molecule has 4 atom stereocenters. The van der Waals surface area contributed by atoms with Gasteiger partial charge in [-0.2, -0.15) is 5.26 Å². The Balaban J connectivity index is 1.06. The quantitative estimate of drug-likeness (QED) is 0.722. The maximum Gasteiger partial charge on any atom is 0.259 e. The van der Waals surface area contributed by atoms with E-state index in [9.17, 15) is 20.0 Å². The third-order valence-electron chi connectivity index (χ3n) is 9.28. The summed E-state index contributed by atoms with van der Waals surface area (Å²) in [5.74, 6) is 3.52. The monoisotopic (exact) mass is 443 g/mol. The van der Waals surface area contributed by atoms with Crippen LogP contribution < -0.4 is 0 Å². The van der Waals surface area contributed by atoms with Crippen LogP contribution in [-0.4, -0.2) is 71.7 Å². The first kappa shape index (κ1) is 22.2. The number of hydrogen-bond acceptors (Lipinski definition) is 5. The average molecular weight is 444 g/mol. The maximum atomic E-state index is 13.1. The highest BCUT2D eigenvalue weighted by Gasteiger charge is 2.47. The summed E-state index contributed by atoms with van der Waals surface area (Å²) in [6, 6.07) is 2.50. The molecule has 2 heterocycles. The van der Waals surface area contributed by atoms with E-state index in [1.54, 1.807) is 4.90 Å². The fraction of sp³-hybridized carbons (Fsp3) is 0.880. The second-order valence-corrected chi connectivity index (χ2v) is 11.1. The lowest BCUT2D eigenvalue weighted by Gasteiger charge is -2.43. The molecule has 0 spiro atoms. The normalized spacial score (nSPS) is 39.0. The average Bonchev–Trinajstić information content (AvgIpc) is 3.24. The highest BCUT2D eigenvalue weighted by Crippen LogP contribution is 2.50. The number of rotatable bonds is 3. The number of ether oxygens (including phenoxy) is 1. The molecule has 2 saturated heterocycles. The highest BCUT2D eigenvalue weighted by molar-refractivity contribution is 5.86. The van der Waals surface area contributed by atoms with E-state index >= 15 is 0 Å². The molecule has 2 amide bonds. The van der Waals surface area contributed by atoms with E-state index in [1.807, 2.05) is 4.90 Å². The molecule has 7 nitrogen and oxygen atoms in total. The van der Waals surface area contributed by atoms with E-state index in [0.717, 1.165) is 62.2 Å². The summed E-state index contributed by atoms with van der Waals surface area (Å²) in [6.45, 7) is 2.28. The van der Waals surface area contributed by atoms with E-state index in [4.69, 9.17) is 4.74 Å². The predicted molar refractivity (Wildman–Crippen MR) is 117 cm³/mol. The van der Waals surface area contributed by atoms with E-state index in [1.165, 1.54) is 19.3 Å². The number of carbonyl (C=O) groups is 2. The zero-order valence-corrected chi connectivity index (χ0v) is 19.1. The predicted octanol–water partition coefficient (Wildman–Crippen LogP) is 2.19. The number of amides is 2. The van der Waals surface area contributed by atoms with Gasteiger partial charge in [0.1, 0.15) is 0 Å². The van der Waals surface area contributed by atoms with Gasteiger partial charge in [0, 0.05) is 38.0 Å². The van der Waals surface area contributed by atoms with Gasteiger partial charge >= 0.3 is 0 Å². The van der Waals surface area contributed by atoms with Gasteiger partial charge < -0.3 is 19.6 Å². The fourth-order valence-corrected chi connectivity index (χ4v) is 7.26. The molecule has 1 N–H and O–H groups in total. The first-order valence-electron chi connectivity index (χ1n) is 12.7. The van der Waals surface area contributed by atoms with Crippen LogP contribution in [0, 0.1) is 46.8 Å². The van der Waals surface area contributed by atoms with Gasteiger partial charge in [-0.05, 0) is 81.5 Å². The third-order valence-corrected chi connectivity index (χ3v) is 9.28. The molecule has 5 fully saturated rings. The molecule has 0 aromatic carbocycles. The van der Waals surface area contributed by atoms with Crippen molar-refractivity contribution in [3.05, 3.63) is 0 Å². The Morgan fingerprint density at radius 1 is 0.812 bits per heavy atom. The van der Waals surface area contributed by atoms with Crippen molar-refractivity contribution in [2.75, 3.05) is 39.4 Å². The van der Waals surface area contributed by atoms with Gasteiger partial charge in [0.2, 0.25) is 5.91 Å². The van der Waals surface area contributed by atoms with Gasteiger partial charge in [-0.1, -0.05) is 0 Å². The van der Waals surface area contributed by atoms with Gasteiger partial charge in [0.05, 0.1) is 19.3 Å². The van der Waals surface area contributed by atoms with Gasteiger partial charge in [0.15, 0.2) is 5.60 Å². The second-order valence-electron chi connectivity index (χ2n) is 11.1. The molecule has 0 bridgehead atoms. The van der Waals surface area contributed by atoms with Crippen LogP contribution in [0.15, 0.2) is 0 Å². The van der Waals surface area contributed by atoms with Crippen molar-refractivity contribution in [3.8, 4) is 6.07 Å². The molecule has 2 aliphatic heterocycles. The van der Waals surface area contributed by atoms with E-state index in [-0.39, 0.29) is 36.9 Å². The number of fused-ring (bicyclic) bond motifs is 1. The molecule has 5 aliphatic rings. The molecule has 3 saturated carbocycles. The van der Waals surface area contributed by atoms with Crippen LogP contribution in [0.25, 0.3) is 0 Å². The van der Waals surface area contributed by atoms with Crippen molar-refractivity contribution in [1.82, 2.24) is 9.80 Å². The number of aliphatic hydroxyl groups is 1. The second kappa shape index (κ2) is 8.95. The standard InChI is InChI=1S/C25H37N3O4/c26-14-17-11-20-5-6-21(13-22(20)12-17)18-1-3-19(4-2-18)23(29)27-7-9-28(10-8-27)24(30)25(31)15-32-16-25/h17-22,31H,1-13,15-16H2. The maximum absolute atomic E-state index is 13.1. The largest absolute Gasteiger partial charge is 0.376 e. The Morgan fingerprint density at radius 2 is 1.38 bits per heavy atom. The minimum Gasteiger partial charge on any atom is -0.376 e. The number of hydrogen-bond donors (Lipinski definition) is 1. The van der Waals surface area contributed by atoms with Crippen molar-refractivity contribution in [2.24, 2.45) is 35.5 Å². The van der Waals surface area contributed by atoms with Crippen LogP contribution in [-0.2, 0) is 14.3 Å². The SMILES string of the molecule is N#CC1CC2CCC(C3CCC(C(=O)N4CCN(C(=O)C5(O)COC5)CC4)CC3)CC2C1. The Kier molecular flexibility index (Phi) is 6.19. The van der Waals surface area contributed by atoms with Gasteiger partial charge in [-0.25, -0.2) is 0 Å². The fourth-order valence-electron chi connectivity index (χ4n) is 7.26. The van der Waals surface area contributed by atoms with Crippen molar-refractivity contribution < 1.29 is 19.4 Å². The molecular formula is C25H37N3O4. The van der Waals surface area contributed by atoms with Crippen molar-refractivity contribution in [2.45, 2.75) is 63.4 Å². The van der Waals surface area contributed by atoms with Crippen LogP contribution in [0.4, 0.5) is 0 Å². The van der Waals surface area contributed by atoms with Crippen molar-refractivity contribution in [1.29, 1.82) is 5.26 Å². The summed E-state index contributed by atoms with van der Waals surface area (Å²) >= 11 is 0. The van der Waals surface area contributed by atoms with Crippen molar-refractivity contribution in [3.63, 3.8) is 0 Å². The van der Waals surface area contributed by atoms with Crippen LogP contribution in [0.3, 0.4) is 0 Å². The molecule has 0 aromatic heterocycles. The molecule has 0 radical (unpaired) electrons. The highest BCUT2D eigenvalue weighted by atomic mass is 16.5. The Labute approximate surface area is 191 Å². The molecule has 5 rings (SSSR count). The third kappa shape index (κ3) is 4.17. The first-order valence-corrected chi connectivity index (χ1v) is 12.7. The minimum absolute atomic E-state index is 0.0789. The molecule has 7 heteroatoms. The van der Waals surface area contributed by atoms with Crippen LogP contribution >= 0.6 is 0 Å². The lowest BCUT2D eigenvalue weighted by molar-refractivity contribution is -0.201. The minimum atomic E-state index is -1.35. The smallest absolute Gasteiger partial charge is 0.259 e. The zero-order valence-electron chi connectivity index (χ0n) is 19.1. The van der Waals surface area contributed by atoms with E-state index in [0.29, 0.717) is 26.2 Å². The molecule has 32 heavy (non-hydrogen) atoms. The van der Waals surface area contributed by atoms with Gasteiger partial charge in [0.25, 0.3) is 5.91 Å². The Bertz CT molecular complexity index is 760. The lowest BCUT2D eigenvalue weighted by Crippen LogP contribution is -2.64. The van der Waals surface area contributed by atoms with Crippen LogP contribution in [0.5, 0.6) is 0 Å². The first-order chi connectivity index (χ1) is 15.5. The molecule has 4 unspecified atom stereocenters. The molecule has 176 valence electrons. The summed E-state index contributed by atoms with van der Waals surface area (Å²) < 4.78 is 5.00. The summed E-state index contributed by atoms with van der Waals surface area (Å²) in [5, 5.41) is 19.5. The summed E-state index contributed by atoms with van der Waals surface area (Å²) in [6.07, 6.45) is 10.5. The molecule has 3 aliphatic carbocycles. The number of carbonyl (C=O) groups excluding carboxylic acids is 2. The van der Waals surface area contributed by atoms with E-state index < -0.39 is 5.60 Å². The van der Waals surface area contributed by atoms with Gasteiger partial charge in [-0.15, -0.1) is 0 Å². The summed E-state index contributed by atoms with van der Waals surface area (Å²) in [5.41, 5.74) is -1.35. The molecule has 0 aromatic rings. The van der Waals surface area contributed by atoms with Crippen LogP contribution in [0.2, 0.25) is 0 Å².